The number of nitrogens with zero attached hydrogens (tertiary/aromatic N) is 1. The molecule has 0 saturated heterocycles. The lowest BCUT2D eigenvalue weighted by Crippen LogP contribution is -2.40. The number of hydrogen-bond donors (Lipinski definition) is 2. The number of rotatable bonds is 4. The molecule has 1 fully saturated rings. The molecule has 2 N–H and O–H groups in total. The summed E-state index contributed by atoms with van der Waals surface area (Å²) in [4.78, 5) is 24.8. The predicted molar refractivity (Wildman–Crippen MR) is 120 cm³/mol. The number of nitrogens with one attached hydrogen (secondary N) is 2. The van der Waals surface area contributed by atoms with E-state index in [1.165, 1.54) is 4.31 Å². The normalized spacial score (nSPS) is 16.6. The van der Waals surface area contributed by atoms with E-state index in [0.717, 1.165) is 43.2 Å². The lowest BCUT2D eigenvalue weighted by molar-refractivity contribution is -0.136. The minimum absolute atomic E-state index is 0.0527. The van der Waals surface area contributed by atoms with Gasteiger partial charge in [-0.05, 0) is 62.4 Å². The second-order valence-corrected chi connectivity index (χ2v) is 10.1. The highest BCUT2D eigenvalue weighted by atomic mass is 32.2. The number of carbonyl (C=O) groups is 2. The molecule has 0 aromatic heterocycles. The Balaban J connectivity index is 1.55. The first-order valence-electron chi connectivity index (χ1n) is 10.7. The van der Waals surface area contributed by atoms with Crippen molar-refractivity contribution in [3.8, 4) is 0 Å². The zero-order chi connectivity index (χ0) is 22.0. The number of amides is 2. The maximum atomic E-state index is 13.3. The standard InChI is InChI=1S/C23H27N3O4S/c1-16-8-12-20(13-9-16)31(29,30)26-14-4-5-17-10-11-19(15-21(17)26)25-23(28)22(27)24-18-6-2-3-7-18/h8-13,15,18H,2-7,14H2,1H3,(H,24,27)(H,25,28). The van der Waals surface area contributed by atoms with Crippen LogP contribution in [-0.2, 0) is 26.0 Å². The second-order valence-electron chi connectivity index (χ2n) is 8.25. The van der Waals surface area contributed by atoms with Gasteiger partial charge in [0.2, 0.25) is 0 Å². The molecule has 2 aromatic carbocycles. The van der Waals surface area contributed by atoms with Crippen LogP contribution in [0.25, 0.3) is 0 Å². The summed E-state index contributed by atoms with van der Waals surface area (Å²) in [6, 6.07) is 12.0. The zero-order valence-corrected chi connectivity index (χ0v) is 18.4. The first kappa shape index (κ1) is 21.4. The quantitative estimate of drug-likeness (QED) is 0.713. The van der Waals surface area contributed by atoms with Crippen LogP contribution in [-0.4, -0.2) is 32.8 Å². The first-order valence-corrected chi connectivity index (χ1v) is 12.1. The summed E-state index contributed by atoms with van der Waals surface area (Å²) in [5, 5.41) is 5.38. The number of fused-ring (bicyclic) bond motifs is 1. The second kappa shape index (κ2) is 8.70. The molecular weight excluding hydrogens is 414 g/mol. The fraction of sp³-hybridized carbons (Fsp3) is 0.391. The Morgan fingerprint density at radius 2 is 1.68 bits per heavy atom. The number of anilines is 2. The fourth-order valence-corrected chi connectivity index (χ4v) is 5.75. The van der Waals surface area contributed by atoms with Crippen LogP contribution < -0.4 is 14.9 Å². The maximum Gasteiger partial charge on any atom is 0.313 e. The molecule has 2 aliphatic rings. The molecule has 1 saturated carbocycles. The van der Waals surface area contributed by atoms with Crippen molar-refractivity contribution in [2.45, 2.75) is 56.4 Å². The van der Waals surface area contributed by atoms with Gasteiger partial charge in [-0.2, -0.15) is 0 Å². The monoisotopic (exact) mass is 441 g/mol. The minimum Gasteiger partial charge on any atom is -0.345 e. The lowest BCUT2D eigenvalue weighted by Gasteiger charge is -2.31. The molecule has 7 nitrogen and oxygen atoms in total. The molecule has 1 heterocycles. The molecule has 2 aromatic rings. The molecule has 1 aliphatic carbocycles. The fourth-order valence-electron chi connectivity index (χ4n) is 4.21. The van der Waals surface area contributed by atoms with Gasteiger partial charge in [0.1, 0.15) is 0 Å². The third-order valence-electron chi connectivity index (χ3n) is 5.92. The van der Waals surface area contributed by atoms with E-state index >= 15 is 0 Å². The average Bonchev–Trinajstić information content (AvgIpc) is 3.26. The average molecular weight is 442 g/mol. The number of benzene rings is 2. The van der Waals surface area contributed by atoms with Crippen LogP contribution in [0, 0.1) is 6.92 Å². The molecule has 0 unspecified atom stereocenters. The molecule has 0 atom stereocenters. The molecule has 164 valence electrons. The molecule has 2 amide bonds. The largest absolute Gasteiger partial charge is 0.345 e. The Morgan fingerprint density at radius 3 is 2.39 bits per heavy atom. The Kier molecular flexibility index (Phi) is 6.00. The molecule has 0 radical (unpaired) electrons. The van der Waals surface area contributed by atoms with Gasteiger partial charge < -0.3 is 10.6 Å². The summed E-state index contributed by atoms with van der Waals surface area (Å²) in [6.45, 7) is 2.27. The molecular formula is C23H27N3O4S. The van der Waals surface area contributed by atoms with Gasteiger partial charge in [-0.15, -0.1) is 0 Å². The lowest BCUT2D eigenvalue weighted by atomic mass is 10.0. The highest BCUT2D eigenvalue weighted by molar-refractivity contribution is 7.92. The summed E-state index contributed by atoms with van der Waals surface area (Å²) in [6.07, 6.45) is 5.37. The van der Waals surface area contributed by atoms with Crippen molar-refractivity contribution in [1.29, 1.82) is 0 Å². The molecule has 4 rings (SSSR count). The van der Waals surface area contributed by atoms with Gasteiger partial charge >= 0.3 is 11.8 Å². The van der Waals surface area contributed by atoms with Gasteiger partial charge in [-0.1, -0.05) is 36.6 Å². The van der Waals surface area contributed by atoms with Gasteiger partial charge in [0.05, 0.1) is 10.6 Å². The van der Waals surface area contributed by atoms with Crippen molar-refractivity contribution in [3.63, 3.8) is 0 Å². The highest BCUT2D eigenvalue weighted by Crippen LogP contribution is 2.34. The van der Waals surface area contributed by atoms with Crippen LogP contribution in [0.15, 0.2) is 47.4 Å². The summed E-state index contributed by atoms with van der Waals surface area (Å²) in [5.74, 6) is -1.40. The van der Waals surface area contributed by atoms with E-state index in [-0.39, 0.29) is 10.9 Å². The van der Waals surface area contributed by atoms with Crippen molar-refractivity contribution in [3.05, 3.63) is 53.6 Å². The van der Waals surface area contributed by atoms with Crippen LogP contribution in [0.4, 0.5) is 11.4 Å². The third-order valence-corrected chi connectivity index (χ3v) is 7.75. The molecule has 31 heavy (non-hydrogen) atoms. The Labute approximate surface area is 182 Å². The van der Waals surface area contributed by atoms with Crippen LogP contribution in [0.1, 0.15) is 43.2 Å². The molecule has 1 aliphatic heterocycles. The highest BCUT2D eigenvalue weighted by Gasteiger charge is 2.30. The van der Waals surface area contributed by atoms with E-state index in [1.807, 2.05) is 13.0 Å². The summed E-state index contributed by atoms with van der Waals surface area (Å²) in [7, 11) is -3.73. The van der Waals surface area contributed by atoms with Crippen LogP contribution in [0.3, 0.4) is 0 Å². The van der Waals surface area contributed by atoms with Crippen molar-refractivity contribution in [1.82, 2.24) is 5.32 Å². The number of carbonyl (C=O) groups excluding carboxylic acids is 2. The number of hydrogen-bond acceptors (Lipinski definition) is 4. The van der Waals surface area contributed by atoms with E-state index < -0.39 is 21.8 Å². The van der Waals surface area contributed by atoms with Gasteiger partial charge in [-0.3, -0.25) is 13.9 Å². The van der Waals surface area contributed by atoms with E-state index in [0.29, 0.717) is 24.3 Å². The van der Waals surface area contributed by atoms with Crippen molar-refractivity contribution in [2.24, 2.45) is 0 Å². The SMILES string of the molecule is Cc1ccc(S(=O)(=O)N2CCCc3ccc(NC(=O)C(=O)NC4CCCC4)cc32)cc1. The zero-order valence-electron chi connectivity index (χ0n) is 17.6. The van der Waals surface area contributed by atoms with Gasteiger partial charge in [0.15, 0.2) is 0 Å². The van der Waals surface area contributed by atoms with E-state index in [2.05, 4.69) is 10.6 Å². The smallest absolute Gasteiger partial charge is 0.313 e. The Morgan fingerprint density at radius 1 is 0.968 bits per heavy atom. The van der Waals surface area contributed by atoms with Gasteiger partial charge in [0.25, 0.3) is 10.0 Å². The van der Waals surface area contributed by atoms with Crippen molar-refractivity contribution in [2.75, 3.05) is 16.2 Å². The Hall–Kier alpha value is -2.87. The third kappa shape index (κ3) is 4.58. The maximum absolute atomic E-state index is 13.3. The summed E-state index contributed by atoms with van der Waals surface area (Å²) >= 11 is 0. The van der Waals surface area contributed by atoms with Gasteiger partial charge in [-0.25, -0.2) is 8.42 Å². The van der Waals surface area contributed by atoms with Gasteiger partial charge in [0, 0.05) is 18.3 Å². The van der Waals surface area contributed by atoms with E-state index in [4.69, 9.17) is 0 Å². The summed E-state index contributed by atoms with van der Waals surface area (Å²) in [5.41, 5.74) is 2.83. The number of aryl methyl sites for hydroxylation is 2. The first-order chi connectivity index (χ1) is 14.8. The molecule has 8 heteroatoms. The topological polar surface area (TPSA) is 95.6 Å². The van der Waals surface area contributed by atoms with Crippen molar-refractivity contribution >= 4 is 33.2 Å². The molecule has 0 spiro atoms. The van der Waals surface area contributed by atoms with E-state index in [1.54, 1.807) is 36.4 Å². The summed E-state index contributed by atoms with van der Waals surface area (Å²) < 4.78 is 27.9. The Bertz CT molecular complexity index is 1090. The van der Waals surface area contributed by atoms with E-state index in [9.17, 15) is 18.0 Å². The predicted octanol–water partition coefficient (Wildman–Crippen LogP) is 3.13. The van der Waals surface area contributed by atoms with Crippen LogP contribution >= 0.6 is 0 Å². The van der Waals surface area contributed by atoms with Crippen LogP contribution in [0.5, 0.6) is 0 Å². The van der Waals surface area contributed by atoms with Crippen LogP contribution in [0.2, 0.25) is 0 Å². The number of sulfonamides is 1. The van der Waals surface area contributed by atoms with Crippen molar-refractivity contribution < 1.29 is 18.0 Å². The minimum atomic E-state index is -3.73. The molecule has 0 bridgehead atoms.